The topological polar surface area (TPSA) is 38.5 Å². The molecule has 3 atom stereocenters. The highest BCUT2D eigenvalue weighted by molar-refractivity contribution is 4.78. The lowest BCUT2D eigenvalue weighted by molar-refractivity contribution is -0.0577. The third kappa shape index (κ3) is 4.09. The van der Waals surface area contributed by atoms with Gasteiger partial charge in [-0.2, -0.15) is 0 Å². The van der Waals surface area contributed by atoms with Crippen LogP contribution < -0.4 is 5.73 Å². The highest BCUT2D eigenvalue weighted by Gasteiger charge is 2.25. The van der Waals surface area contributed by atoms with Crippen LogP contribution in [0.1, 0.15) is 33.6 Å². The van der Waals surface area contributed by atoms with Crippen LogP contribution >= 0.6 is 0 Å². The number of hydrogen-bond donors (Lipinski definition) is 1. The van der Waals surface area contributed by atoms with Gasteiger partial charge in [0, 0.05) is 25.7 Å². The van der Waals surface area contributed by atoms with E-state index in [-0.39, 0.29) is 6.10 Å². The second-order valence-electron chi connectivity index (χ2n) is 4.89. The Morgan fingerprint density at radius 1 is 1.53 bits per heavy atom. The van der Waals surface area contributed by atoms with Crippen molar-refractivity contribution in [3.63, 3.8) is 0 Å². The Hall–Kier alpha value is -0.120. The van der Waals surface area contributed by atoms with E-state index in [1.54, 1.807) is 0 Å². The standard InChI is InChI=1S/C12H26N2O/c1-4-5-10(2)7-14-8-12(6-13)15-9-11(14)3/h10-12H,4-9,13H2,1-3H3. The minimum Gasteiger partial charge on any atom is -0.374 e. The van der Waals surface area contributed by atoms with Gasteiger partial charge in [-0.1, -0.05) is 20.3 Å². The molecule has 15 heavy (non-hydrogen) atoms. The molecule has 2 N–H and O–H groups in total. The van der Waals surface area contributed by atoms with Crippen molar-refractivity contribution in [1.82, 2.24) is 4.90 Å². The van der Waals surface area contributed by atoms with Crippen molar-refractivity contribution in [3.05, 3.63) is 0 Å². The van der Waals surface area contributed by atoms with Crippen molar-refractivity contribution in [1.29, 1.82) is 0 Å². The summed E-state index contributed by atoms with van der Waals surface area (Å²) in [6.07, 6.45) is 2.84. The number of rotatable bonds is 5. The molecule has 0 spiro atoms. The van der Waals surface area contributed by atoms with Crippen molar-refractivity contribution in [3.8, 4) is 0 Å². The van der Waals surface area contributed by atoms with Crippen LogP contribution in [0.3, 0.4) is 0 Å². The van der Waals surface area contributed by atoms with Gasteiger partial charge in [-0.25, -0.2) is 0 Å². The Kier molecular flexibility index (Phi) is 5.58. The summed E-state index contributed by atoms with van der Waals surface area (Å²) in [4.78, 5) is 2.53. The van der Waals surface area contributed by atoms with Gasteiger partial charge in [0.15, 0.2) is 0 Å². The second kappa shape index (κ2) is 6.46. The van der Waals surface area contributed by atoms with Gasteiger partial charge in [-0.3, -0.25) is 4.90 Å². The predicted octanol–water partition coefficient (Wildman–Crippen LogP) is 1.47. The minimum atomic E-state index is 0.245. The molecule has 3 heteroatoms. The van der Waals surface area contributed by atoms with Gasteiger partial charge in [0.2, 0.25) is 0 Å². The van der Waals surface area contributed by atoms with E-state index in [0.717, 1.165) is 19.1 Å². The fraction of sp³-hybridized carbons (Fsp3) is 1.00. The fourth-order valence-electron chi connectivity index (χ4n) is 2.26. The maximum absolute atomic E-state index is 5.65. The highest BCUT2D eigenvalue weighted by atomic mass is 16.5. The van der Waals surface area contributed by atoms with Gasteiger partial charge in [0.25, 0.3) is 0 Å². The van der Waals surface area contributed by atoms with E-state index in [0.29, 0.717) is 12.6 Å². The number of ether oxygens (including phenoxy) is 1. The van der Waals surface area contributed by atoms with Crippen molar-refractivity contribution >= 4 is 0 Å². The van der Waals surface area contributed by atoms with Crippen molar-refractivity contribution in [2.45, 2.75) is 45.8 Å². The summed E-state index contributed by atoms with van der Waals surface area (Å²) >= 11 is 0. The third-order valence-corrected chi connectivity index (χ3v) is 3.23. The molecule has 90 valence electrons. The van der Waals surface area contributed by atoms with Gasteiger partial charge in [-0.05, 0) is 19.3 Å². The van der Waals surface area contributed by atoms with E-state index in [9.17, 15) is 0 Å². The summed E-state index contributed by atoms with van der Waals surface area (Å²) in [5, 5.41) is 0. The van der Waals surface area contributed by atoms with Crippen molar-refractivity contribution < 1.29 is 4.74 Å². The molecule has 0 amide bonds. The molecule has 0 aromatic rings. The van der Waals surface area contributed by atoms with Crippen LogP contribution in [0, 0.1) is 5.92 Å². The average Bonchev–Trinajstić information content (AvgIpc) is 2.21. The van der Waals surface area contributed by atoms with Gasteiger partial charge >= 0.3 is 0 Å². The maximum Gasteiger partial charge on any atom is 0.0824 e. The van der Waals surface area contributed by atoms with Crippen LogP contribution in [0.25, 0.3) is 0 Å². The van der Waals surface area contributed by atoms with Gasteiger partial charge in [0.1, 0.15) is 0 Å². The Morgan fingerprint density at radius 2 is 2.27 bits per heavy atom. The summed E-state index contributed by atoms with van der Waals surface area (Å²) in [6.45, 7) is 10.5. The zero-order valence-electron chi connectivity index (χ0n) is 10.4. The molecule has 0 aliphatic carbocycles. The summed E-state index contributed by atoms with van der Waals surface area (Å²) < 4.78 is 5.64. The first-order chi connectivity index (χ1) is 7.17. The Balaban J connectivity index is 2.36. The second-order valence-corrected chi connectivity index (χ2v) is 4.89. The fourth-order valence-corrected chi connectivity index (χ4v) is 2.26. The molecule has 1 saturated heterocycles. The smallest absolute Gasteiger partial charge is 0.0824 e. The first kappa shape index (κ1) is 12.9. The van der Waals surface area contributed by atoms with Crippen LogP contribution in [-0.4, -0.2) is 43.3 Å². The molecule has 1 heterocycles. The normalized spacial score (nSPS) is 30.4. The quantitative estimate of drug-likeness (QED) is 0.753. The van der Waals surface area contributed by atoms with E-state index in [1.165, 1.54) is 19.4 Å². The molecule has 0 bridgehead atoms. The zero-order chi connectivity index (χ0) is 11.3. The average molecular weight is 214 g/mol. The van der Waals surface area contributed by atoms with Gasteiger partial charge in [0.05, 0.1) is 12.7 Å². The van der Waals surface area contributed by atoms with E-state index < -0.39 is 0 Å². The minimum absolute atomic E-state index is 0.245. The molecule has 1 aliphatic rings. The van der Waals surface area contributed by atoms with E-state index in [4.69, 9.17) is 10.5 Å². The van der Waals surface area contributed by atoms with Gasteiger partial charge in [-0.15, -0.1) is 0 Å². The molecular weight excluding hydrogens is 188 g/mol. The lowest BCUT2D eigenvalue weighted by atomic mass is 10.0. The molecule has 3 nitrogen and oxygen atoms in total. The number of nitrogens with zero attached hydrogens (tertiary/aromatic N) is 1. The highest BCUT2D eigenvalue weighted by Crippen LogP contribution is 2.15. The lowest BCUT2D eigenvalue weighted by Crippen LogP contribution is -2.51. The maximum atomic E-state index is 5.65. The van der Waals surface area contributed by atoms with Crippen LogP contribution in [0.4, 0.5) is 0 Å². The number of morpholine rings is 1. The molecule has 1 aliphatic heterocycles. The Morgan fingerprint density at radius 3 is 2.87 bits per heavy atom. The van der Waals surface area contributed by atoms with Crippen molar-refractivity contribution in [2.75, 3.05) is 26.2 Å². The molecule has 0 aromatic heterocycles. The first-order valence-corrected chi connectivity index (χ1v) is 6.23. The number of hydrogen-bond acceptors (Lipinski definition) is 3. The zero-order valence-corrected chi connectivity index (χ0v) is 10.4. The van der Waals surface area contributed by atoms with Gasteiger partial charge < -0.3 is 10.5 Å². The summed E-state index contributed by atoms with van der Waals surface area (Å²) in [5.41, 5.74) is 5.65. The monoisotopic (exact) mass is 214 g/mol. The largest absolute Gasteiger partial charge is 0.374 e. The lowest BCUT2D eigenvalue weighted by Gasteiger charge is -2.39. The van der Waals surface area contributed by atoms with E-state index in [2.05, 4.69) is 25.7 Å². The molecular formula is C12H26N2O. The van der Waals surface area contributed by atoms with Crippen LogP contribution in [0.5, 0.6) is 0 Å². The summed E-state index contributed by atoms with van der Waals surface area (Å²) in [5.74, 6) is 0.786. The third-order valence-electron chi connectivity index (χ3n) is 3.23. The first-order valence-electron chi connectivity index (χ1n) is 6.23. The summed E-state index contributed by atoms with van der Waals surface area (Å²) in [6, 6.07) is 0.548. The molecule has 0 radical (unpaired) electrons. The van der Waals surface area contributed by atoms with Crippen LogP contribution in [-0.2, 0) is 4.74 Å². The molecule has 0 aromatic carbocycles. The van der Waals surface area contributed by atoms with E-state index in [1.807, 2.05) is 0 Å². The van der Waals surface area contributed by atoms with E-state index >= 15 is 0 Å². The van der Waals surface area contributed by atoms with Crippen molar-refractivity contribution in [2.24, 2.45) is 11.7 Å². The van der Waals surface area contributed by atoms with Crippen LogP contribution in [0.2, 0.25) is 0 Å². The van der Waals surface area contributed by atoms with Crippen LogP contribution in [0.15, 0.2) is 0 Å². The Labute approximate surface area is 94.0 Å². The molecule has 1 fully saturated rings. The Bertz CT molecular complexity index is 175. The molecule has 0 saturated carbocycles. The molecule has 3 unspecified atom stereocenters. The SMILES string of the molecule is CCCC(C)CN1CC(CN)OCC1C. The molecule has 1 rings (SSSR count). The summed E-state index contributed by atoms with van der Waals surface area (Å²) in [7, 11) is 0. The predicted molar refractivity (Wildman–Crippen MR) is 63.9 cm³/mol. The number of nitrogens with two attached hydrogens (primary N) is 1.